The van der Waals surface area contributed by atoms with E-state index < -0.39 is 23.6 Å². The van der Waals surface area contributed by atoms with E-state index in [2.05, 4.69) is 15.3 Å². The monoisotopic (exact) mass is 312 g/mol. The molecule has 1 aromatic heterocycles. The number of aromatic amines is 1. The van der Waals surface area contributed by atoms with Crippen molar-refractivity contribution in [3.63, 3.8) is 0 Å². The Bertz CT molecular complexity index is 709. The topological polar surface area (TPSA) is 101 Å². The fourth-order valence-electron chi connectivity index (χ4n) is 1.80. The van der Waals surface area contributed by atoms with Gasteiger partial charge in [0, 0.05) is 0 Å². The molecule has 2 aromatic rings. The van der Waals surface area contributed by atoms with E-state index in [1.54, 1.807) is 0 Å². The zero-order valence-corrected chi connectivity index (χ0v) is 11.1. The molecular formula is C13H11F3N4O2. The Morgan fingerprint density at radius 1 is 1.32 bits per heavy atom. The van der Waals surface area contributed by atoms with Gasteiger partial charge in [0.15, 0.2) is 5.82 Å². The molecule has 9 heteroatoms. The van der Waals surface area contributed by atoms with Crippen LogP contribution in [0.15, 0.2) is 30.6 Å². The molecule has 0 saturated heterocycles. The van der Waals surface area contributed by atoms with E-state index in [0.717, 1.165) is 12.1 Å². The maximum absolute atomic E-state index is 12.6. The van der Waals surface area contributed by atoms with Gasteiger partial charge in [0.2, 0.25) is 5.91 Å². The van der Waals surface area contributed by atoms with Crippen molar-refractivity contribution in [2.45, 2.75) is 12.6 Å². The Kier molecular flexibility index (Phi) is 4.15. The Hall–Kier alpha value is -2.84. The Balaban J connectivity index is 2.09. The van der Waals surface area contributed by atoms with Gasteiger partial charge in [0.25, 0.3) is 5.91 Å². The van der Waals surface area contributed by atoms with E-state index in [1.165, 1.54) is 18.5 Å². The first-order valence-electron chi connectivity index (χ1n) is 6.06. The van der Waals surface area contributed by atoms with Gasteiger partial charge in [-0.1, -0.05) is 18.2 Å². The molecule has 0 bridgehead atoms. The van der Waals surface area contributed by atoms with Gasteiger partial charge < -0.3 is 16.0 Å². The average molecular weight is 312 g/mol. The summed E-state index contributed by atoms with van der Waals surface area (Å²) in [7, 11) is 0. The Morgan fingerprint density at radius 3 is 2.68 bits per heavy atom. The molecular weight excluding hydrogens is 301 g/mol. The van der Waals surface area contributed by atoms with E-state index in [9.17, 15) is 22.8 Å². The number of aromatic nitrogens is 2. The molecule has 0 unspecified atom stereocenters. The first-order valence-corrected chi connectivity index (χ1v) is 6.06. The Labute approximate surface area is 122 Å². The second-order valence-corrected chi connectivity index (χ2v) is 4.41. The number of rotatable bonds is 4. The standard InChI is InChI=1S/C13H11F3N4O2/c14-13(15,16)8-3-1-2-7(4-8)5-9(21)20-12-10(11(17)22)18-6-19-12/h1-4,6H,5H2,(H2,17,22)(H,18,19)(H,20,21). The molecule has 2 rings (SSSR count). The number of imidazole rings is 1. The third-order valence-corrected chi connectivity index (χ3v) is 2.76. The number of nitrogens with one attached hydrogen (secondary N) is 2. The van der Waals surface area contributed by atoms with Crippen LogP contribution in [0.1, 0.15) is 21.6 Å². The molecule has 6 nitrogen and oxygen atoms in total. The molecule has 0 radical (unpaired) electrons. The molecule has 0 saturated carbocycles. The largest absolute Gasteiger partial charge is 0.416 e. The van der Waals surface area contributed by atoms with Crippen LogP contribution >= 0.6 is 0 Å². The van der Waals surface area contributed by atoms with Crippen LogP contribution in [-0.4, -0.2) is 21.8 Å². The van der Waals surface area contributed by atoms with Crippen molar-refractivity contribution in [3.8, 4) is 0 Å². The van der Waals surface area contributed by atoms with Gasteiger partial charge in [-0.25, -0.2) is 4.98 Å². The number of carbonyl (C=O) groups excluding carboxylic acids is 2. The van der Waals surface area contributed by atoms with Crippen molar-refractivity contribution in [2.24, 2.45) is 5.73 Å². The van der Waals surface area contributed by atoms with Crippen molar-refractivity contribution in [3.05, 3.63) is 47.4 Å². The predicted octanol–water partition coefficient (Wildman–Crippen LogP) is 1.71. The van der Waals surface area contributed by atoms with E-state index in [4.69, 9.17) is 5.73 Å². The maximum Gasteiger partial charge on any atom is 0.416 e. The molecule has 0 fully saturated rings. The number of benzene rings is 1. The minimum Gasteiger partial charge on any atom is -0.364 e. The lowest BCUT2D eigenvalue weighted by atomic mass is 10.1. The van der Waals surface area contributed by atoms with Crippen LogP contribution in [0.3, 0.4) is 0 Å². The number of hydrogen-bond acceptors (Lipinski definition) is 3. The van der Waals surface area contributed by atoms with Crippen molar-refractivity contribution in [2.75, 3.05) is 5.32 Å². The lowest BCUT2D eigenvalue weighted by Crippen LogP contribution is -2.19. The van der Waals surface area contributed by atoms with Gasteiger partial charge >= 0.3 is 6.18 Å². The van der Waals surface area contributed by atoms with E-state index in [-0.39, 0.29) is 23.5 Å². The summed E-state index contributed by atoms with van der Waals surface area (Å²) >= 11 is 0. The number of hydrogen-bond donors (Lipinski definition) is 3. The lowest BCUT2D eigenvalue weighted by molar-refractivity contribution is -0.137. The highest BCUT2D eigenvalue weighted by Gasteiger charge is 2.30. The fourth-order valence-corrected chi connectivity index (χ4v) is 1.80. The summed E-state index contributed by atoms with van der Waals surface area (Å²) in [6.45, 7) is 0. The predicted molar refractivity (Wildman–Crippen MR) is 70.9 cm³/mol. The minimum absolute atomic E-state index is 0.0653. The van der Waals surface area contributed by atoms with Crippen molar-refractivity contribution >= 4 is 17.6 Å². The van der Waals surface area contributed by atoms with Crippen molar-refractivity contribution in [1.29, 1.82) is 0 Å². The quantitative estimate of drug-likeness (QED) is 0.801. The van der Waals surface area contributed by atoms with Gasteiger partial charge in [-0.3, -0.25) is 9.59 Å². The number of anilines is 1. The molecule has 0 atom stereocenters. The summed E-state index contributed by atoms with van der Waals surface area (Å²) in [5.41, 5.74) is 4.33. The highest BCUT2D eigenvalue weighted by Crippen LogP contribution is 2.29. The summed E-state index contributed by atoms with van der Waals surface area (Å²) in [5.74, 6) is -1.50. The smallest absolute Gasteiger partial charge is 0.364 e. The van der Waals surface area contributed by atoms with Gasteiger partial charge in [-0.15, -0.1) is 0 Å². The number of H-pyrrole nitrogens is 1. The number of amides is 2. The number of carbonyl (C=O) groups is 2. The SMILES string of the molecule is NC(=O)c1[nH]cnc1NC(=O)Cc1cccc(C(F)(F)F)c1. The molecule has 0 aliphatic heterocycles. The van der Waals surface area contributed by atoms with Gasteiger partial charge in [0.1, 0.15) is 5.69 Å². The molecule has 2 amide bonds. The third-order valence-electron chi connectivity index (χ3n) is 2.76. The zero-order valence-electron chi connectivity index (χ0n) is 11.1. The second kappa shape index (κ2) is 5.88. The first kappa shape index (κ1) is 15.5. The zero-order chi connectivity index (χ0) is 16.3. The number of alkyl halides is 3. The van der Waals surface area contributed by atoms with E-state index >= 15 is 0 Å². The normalized spacial score (nSPS) is 11.2. The summed E-state index contributed by atoms with van der Waals surface area (Å²) in [6, 6.07) is 4.42. The maximum atomic E-state index is 12.6. The van der Waals surface area contributed by atoms with Gasteiger partial charge in [-0.05, 0) is 11.6 Å². The number of halogens is 3. The summed E-state index contributed by atoms with van der Waals surface area (Å²) in [6.07, 6.45) is -3.61. The summed E-state index contributed by atoms with van der Waals surface area (Å²) in [5, 5.41) is 2.32. The number of nitrogens with zero attached hydrogens (tertiary/aromatic N) is 1. The fraction of sp³-hybridized carbons (Fsp3) is 0.154. The molecule has 1 heterocycles. The van der Waals surface area contributed by atoms with Crippen molar-refractivity contribution in [1.82, 2.24) is 9.97 Å². The minimum atomic E-state index is -4.48. The molecule has 1 aromatic carbocycles. The average Bonchev–Trinajstić information content (AvgIpc) is 2.86. The first-order chi connectivity index (χ1) is 10.3. The van der Waals surface area contributed by atoms with Crippen LogP contribution in [0.5, 0.6) is 0 Å². The molecule has 0 spiro atoms. The summed E-state index contributed by atoms with van der Waals surface area (Å²) < 4.78 is 37.8. The lowest BCUT2D eigenvalue weighted by Gasteiger charge is -2.08. The molecule has 0 aliphatic carbocycles. The molecule has 116 valence electrons. The van der Waals surface area contributed by atoms with E-state index in [0.29, 0.717) is 0 Å². The highest BCUT2D eigenvalue weighted by molar-refractivity contribution is 6.00. The molecule has 0 aliphatic rings. The summed E-state index contributed by atoms with van der Waals surface area (Å²) in [4.78, 5) is 29.0. The third kappa shape index (κ3) is 3.62. The van der Waals surface area contributed by atoms with Crippen LogP contribution in [0.2, 0.25) is 0 Å². The Morgan fingerprint density at radius 2 is 2.05 bits per heavy atom. The highest BCUT2D eigenvalue weighted by atomic mass is 19.4. The van der Waals surface area contributed by atoms with Crippen LogP contribution < -0.4 is 11.1 Å². The molecule has 4 N–H and O–H groups in total. The van der Waals surface area contributed by atoms with Crippen molar-refractivity contribution < 1.29 is 22.8 Å². The van der Waals surface area contributed by atoms with E-state index in [1.807, 2.05) is 0 Å². The molecule has 22 heavy (non-hydrogen) atoms. The van der Waals surface area contributed by atoms with Gasteiger partial charge in [0.05, 0.1) is 18.3 Å². The number of primary amides is 1. The van der Waals surface area contributed by atoms with Gasteiger partial charge in [-0.2, -0.15) is 13.2 Å². The van der Waals surface area contributed by atoms with Crippen LogP contribution in [-0.2, 0) is 17.4 Å². The second-order valence-electron chi connectivity index (χ2n) is 4.41. The number of nitrogens with two attached hydrogens (primary N) is 1. The van der Waals surface area contributed by atoms with Crippen LogP contribution in [0.4, 0.5) is 19.0 Å². The van der Waals surface area contributed by atoms with Crippen LogP contribution in [0.25, 0.3) is 0 Å². The van der Waals surface area contributed by atoms with Crippen LogP contribution in [0, 0.1) is 0 Å².